The van der Waals surface area contributed by atoms with Crippen molar-refractivity contribution in [2.45, 2.75) is 12.5 Å². The van der Waals surface area contributed by atoms with Crippen LogP contribution >= 0.6 is 24.0 Å². The molecule has 0 radical (unpaired) electrons. The molecule has 0 aliphatic carbocycles. The van der Waals surface area contributed by atoms with Crippen molar-refractivity contribution in [2.75, 3.05) is 12.3 Å². The van der Waals surface area contributed by atoms with E-state index in [1.807, 2.05) is 0 Å². The topological polar surface area (TPSA) is 113 Å². The van der Waals surface area contributed by atoms with Gasteiger partial charge in [0, 0.05) is 16.9 Å². The number of thiocarbonyl (C=S) groups is 1. The molecule has 7 nitrogen and oxygen atoms in total. The lowest BCUT2D eigenvalue weighted by Gasteiger charge is -2.14. The Kier molecular flexibility index (Phi) is 9.17. The first-order valence-electron chi connectivity index (χ1n) is 8.96. The maximum absolute atomic E-state index is 12.1. The van der Waals surface area contributed by atoms with Gasteiger partial charge in [-0.3, -0.25) is 14.4 Å². The third kappa shape index (κ3) is 7.76. The Labute approximate surface area is 183 Å². The smallest absolute Gasteiger partial charge is 0.327 e. The first kappa shape index (κ1) is 23.2. The van der Waals surface area contributed by atoms with Crippen LogP contribution in [0.1, 0.15) is 27.1 Å². The average molecular weight is 445 g/mol. The molecular weight excluding hydrogens is 424 g/mol. The summed E-state index contributed by atoms with van der Waals surface area (Å²) in [6, 6.07) is 15.8. The van der Waals surface area contributed by atoms with E-state index in [4.69, 9.17) is 12.2 Å². The number of ketones is 1. The Hall–Kier alpha value is -3.04. The van der Waals surface area contributed by atoms with Crippen LogP contribution in [-0.4, -0.2) is 51.2 Å². The molecule has 30 heavy (non-hydrogen) atoms. The molecule has 3 N–H and O–H groups in total. The Morgan fingerprint density at radius 1 is 0.933 bits per heavy atom. The molecule has 0 aliphatic heterocycles. The van der Waals surface area contributed by atoms with Gasteiger partial charge in [-0.25, -0.2) is 4.79 Å². The average Bonchev–Trinajstić information content (AvgIpc) is 2.76. The highest BCUT2D eigenvalue weighted by molar-refractivity contribution is 8.14. The second kappa shape index (κ2) is 11.8. The number of carbonyl (C=O) groups excluding carboxylic acids is 3. The quantitative estimate of drug-likeness (QED) is 0.378. The number of benzene rings is 2. The maximum Gasteiger partial charge on any atom is 0.327 e. The molecule has 0 saturated carbocycles. The minimum Gasteiger partial charge on any atom is -0.480 e. The third-order valence-electron chi connectivity index (χ3n) is 3.89. The van der Waals surface area contributed by atoms with Crippen LogP contribution in [0.4, 0.5) is 0 Å². The van der Waals surface area contributed by atoms with Crippen molar-refractivity contribution in [3.8, 4) is 0 Å². The summed E-state index contributed by atoms with van der Waals surface area (Å²) in [5.41, 5.74) is 0.963. The van der Waals surface area contributed by atoms with Gasteiger partial charge in [-0.1, -0.05) is 84.6 Å². The SMILES string of the molecule is O=C(CNC(=S)CC(=O)c1ccccc1)N[C@@H](CSC(=O)c1ccccc1)C(=O)O. The summed E-state index contributed by atoms with van der Waals surface area (Å²) in [7, 11) is 0. The lowest BCUT2D eigenvalue weighted by atomic mass is 10.1. The van der Waals surface area contributed by atoms with Crippen LogP contribution in [-0.2, 0) is 9.59 Å². The Morgan fingerprint density at radius 2 is 1.50 bits per heavy atom. The van der Waals surface area contributed by atoms with E-state index in [2.05, 4.69) is 10.6 Å². The van der Waals surface area contributed by atoms with Gasteiger partial charge in [0.1, 0.15) is 6.04 Å². The number of thioether (sulfide) groups is 1. The number of hydrogen-bond donors (Lipinski definition) is 3. The van der Waals surface area contributed by atoms with E-state index in [-0.39, 0.29) is 34.6 Å². The number of carboxylic acid groups (broad SMARTS) is 1. The zero-order valence-electron chi connectivity index (χ0n) is 15.9. The summed E-state index contributed by atoms with van der Waals surface area (Å²) >= 11 is 5.89. The molecule has 0 saturated heterocycles. The molecule has 2 aromatic carbocycles. The zero-order chi connectivity index (χ0) is 21.9. The predicted octanol–water partition coefficient (Wildman–Crippen LogP) is 2.32. The fraction of sp³-hybridized carbons (Fsp3) is 0.190. The highest BCUT2D eigenvalue weighted by Crippen LogP contribution is 2.13. The highest BCUT2D eigenvalue weighted by Gasteiger charge is 2.22. The van der Waals surface area contributed by atoms with Gasteiger partial charge in [0.15, 0.2) is 5.78 Å². The summed E-state index contributed by atoms with van der Waals surface area (Å²) in [6.07, 6.45) is -0.0591. The summed E-state index contributed by atoms with van der Waals surface area (Å²) in [6.45, 7) is -0.276. The van der Waals surface area contributed by atoms with Crippen molar-refractivity contribution in [1.82, 2.24) is 10.6 Å². The lowest BCUT2D eigenvalue weighted by Crippen LogP contribution is -2.46. The van der Waals surface area contributed by atoms with E-state index in [0.29, 0.717) is 11.1 Å². The van der Waals surface area contributed by atoms with Gasteiger partial charge < -0.3 is 15.7 Å². The molecule has 0 heterocycles. The molecular formula is C21H20N2O5S2. The number of carbonyl (C=O) groups is 4. The van der Waals surface area contributed by atoms with Crippen LogP contribution in [0.25, 0.3) is 0 Å². The summed E-state index contributed by atoms with van der Waals surface area (Å²) in [5.74, 6) is -2.16. The number of amides is 1. The monoisotopic (exact) mass is 444 g/mol. The van der Waals surface area contributed by atoms with Gasteiger partial charge >= 0.3 is 5.97 Å². The van der Waals surface area contributed by atoms with Crippen molar-refractivity contribution in [3.05, 3.63) is 71.8 Å². The fourth-order valence-electron chi connectivity index (χ4n) is 2.35. The van der Waals surface area contributed by atoms with E-state index in [1.165, 1.54) is 0 Å². The number of carboxylic acids is 1. The normalized spacial score (nSPS) is 11.2. The van der Waals surface area contributed by atoms with Gasteiger partial charge in [-0.15, -0.1) is 0 Å². The highest BCUT2D eigenvalue weighted by atomic mass is 32.2. The van der Waals surface area contributed by atoms with Crippen molar-refractivity contribution >= 4 is 51.7 Å². The Balaban J connectivity index is 1.78. The van der Waals surface area contributed by atoms with Gasteiger partial charge in [0.05, 0.1) is 18.0 Å². The van der Waals surface area contributed by atoms with Crippen LogP contribution in [0.2, 0.25) is 0 Å². The van der Waals surface area contributed by atoms with Crippen molar-refractivity contribution in [3.63, 3.8) is 0 Å². The number of Topliss-reactive ketones (excluding diaryl/α,β-unsaturated/α-hetero) is 1. The summed E-state index contributed by atoms with van der Waals surface area (Å²) in [4.78, 5) is 47.8. The van der Waals surface area contributed by atoms with Crippen molar-refractivity contribution in [1.29, 1.82) is 0 Å². The van der Waals surface area contributed by atoms with Crippen LogP contribution in [0.15, 0.2) is 60.7 Å². The molecule has 0 aromatic heterocycles. The van der Waals surface area contributed by atoms with Crippen molar-refractivity contribution in [2.24, 2.45) is 0 Å². The van der Waals surface area contributed by atoms with E-state index in [1.54, 1.807) is 60.7 Å². The second-order valence-corrected chi connectivity index (χ2v) is 7.65. The number of hydrogen-bond acceptors (Lipinski definition) is 6. The number of aliphatic carboxylic acids is 1. The van der Waals surface area contributed by atoms with Gasteiger partial charge in [0.2, 0.25) is 11.0 Å². The lowest BCUT2D eigenvalue weighted by molar-refractivity contribution is -0.140. The summed E-state index contributed by atoms with van der Waals surface area (Å²) < 4.78 is 0. The molecule has 0 aliphatic rings. The van der Waals surface area contributed by atoms with E-state index in [0.717, 1.165) is 11.8 Å². The van der Waals surface area contributed by atoms with E-state index in [9.17, 15) is 24.3 Å². The van der Waals surface area contributed by atoms with Gasteiger partial charge in [0.25, 0.3) is 0 Å². The molecule has 0 bridgehead atoms. The Bertz CT molecular complexity index is 920. The molecule has 2 aromatic rings. The third-order valence-corrected chi connectivity index (χ3v) is 5.17. The first-order valence-corrected chi connectivity index (χ1v) is 10.4. The van der Waals surface area contributed by atoms with Crippen molar-refractivity contribution < 1.29 is 24.3 Å². The van der Waals surface area contributed by atoms with Crippen LogP contribution in [0, 0.1) is 0 Å². The molecule has 2 rings (SSSR count). The molecule has 0 spiro atoms. The fourth-order valence-corrected chi connectivity index (χ4v) is 3.40. The van der Waals surface area contributed by atoms with Gasteiger partial charge in [-0.2, -0.15) is 0 Å². The maximum atomic E-state index is 12.1. The minimum atomic E-state index is -1.25. The Morgan fingerprint density at radius 3 is 2.07 bits per heavy atom. The van der Waals surface area contributed by atoms with E-state index >= 15 is 0 Å². The molecule has 1 atom stereocenters. The van der Waals surface area contributed by atoms with Crippen LogP contribution in [0.5, 0.6) is 0 Å². The molecule has 0 unspecified atom stereocenters. The first-order chi connectivity index (χ1) is 14.4. The minimum absolute atomic E-state index is 0.0591. The number of rotatable bonds is 10. The van der Waals surface area contributed by atoms with Crippen LogP contribution in [0.3, 0.4) is 0 Å². The van der Waals surface area contributed by atoms with Crippen LogP contribution < -0.4 is 10.6 Å². The number of nitrogens with one attached hydrogen (secondary N) is 2. The summed E-state index contributed by atoms with van der Waals surface area (Å²) in [5, 5.41) is 14.0. The second-order valence-electron chi connectivity index (χ2n) is 6.17. The molecule has 9 heteroatoms. The molecule has 1 amide bonds. The largest absolute Gasteiger partial charge is 0.480 e. The standard InChI is InChI=1S/C21H20N2O5S2/c24-17(14-7-3-1-4-8-14)11-19(29)22-12-18(25)23-16(20(26)27)13-30-21(28)15-9-5-2-6-10-15/h1-10,16H,11-13H2,(H,22,29)(H,23,25)(H,26,27)/t16-/m0/s1. The van der Waals surface area contributed by atoms with E-state index < -0.39 is 17.9 Å². The molecule has 0 fully saturated rings. The zero-order valence-corrected chi connectivity index (χ0v) is 17.5. The van der Waals surface area contributed by atoms with Gasteiger partial charge in [-0.05, 0) is 0 Å². The predicted molar refractivity (Wildman–Crippen MR) is 119 cm³/mol. The molecule has 156 valence electrons.